The van der Waals surface area contributed by atoms with Crippen LogP contribution in [0.4, 0.5) is 17.5 Å². The van der Waals surface area contributed by atoms with Crippen molar-refractivity contribution >= 4 is 51.3 Å². The molecule has 0 bridgehead atoms. The highest BCUT2D eigenvalue weighted by Crippen LogP contribution is 2.24. The van der Waals surface area contributed by atoms with Crippen LogP contribution in [0.5, 0.6) is 0 Å². The summed E-state index contributed by atoms with van der Waals surface area (Å²) in [6, 6.07) is 19.8. The summed E-state index contributed by atoms with van der Waals surface area (Å²) < 4.78 is 0. The fraction of sp³-hybridized carbons (Fsp3) is 0.100. The van der Waals surface area contributed by atoms with E-state index in [1.54, 1.807) is 11.3 Å². The Bertz CT molecular complexity index is 1020. The summed E-state index contributed by atoms with van der Waals surface area (Å²) in [4.78, 5) is 10.6. The van der Waals surface area contributed by atoms with Crippen molar-refractivity contribution in [3.63, 3.8) is 0 Å². The van der Waals surface area contributed by atoms with E-state index in [0.717, 1.165) is 35.4 Å². The molecule has 2 heterocycles. The second-order valence-corrected chi connectivity index (χ2v) is 7.27. The van der Waals surface area contributed by atoms with Gasteiger partial charge in [-0.05, 0) is 48.2 Å². The van der Waals surface area contributed by atoms with Crippen molar-refractivity contribution in [2.75, 3.05) is 17.2 Å². The van der Waals surface area contributed by atoms with Crippen molar-refractivity contribution in [3.05, 3.63) is 75.9 Å². The normalized spacial score (nSPS) is 10.8. The molecule has 2 aromatic heterocycles. The molecule has 2 N–H and O–H groups in total. The SMILES string of the molecule is Clc1cccc(Nc2nc(NCCc3cccs3)c3ccccc3n2)c1. The number of rotatable bonds is 6. The molecule has 0 saturated carbocycles. The van der Waals surface area contributed by atoms with Gasteiger partial charge >= 0.3 is 0 Å². The number of para-hydroxylation sites is 1. The summed E-state index contributed by atoms with van der Waals surface area (Å²) >= 11 is 7.83. The summed E-state index contributed by atoms with van der Waals surface area (Å²) in [5.74, 6) is 1.38. The van der Waals surface area contributed by atoms with Crippen LogP contribution in [0, 0.1) is 0 Å². The van der Waals surface area contributed by atoms with E-state index >= 15 is 0 Å². The fourth-order valence-electron chi connectivity index (χ4n) is 2.72. The average Bonchev–Trinajstić information content (AvgIpc) is 3.15. The molecule has 130 valence electrons. The maximum atomic E-state index is 6.06. The molecule has 0 radical (unpaired) electrons. The molecule has 4 aromatic rings. The lowest BCUT2D eigenvalue weighted by atomic mass is 10.2. The lowest BCUT2D eigenvalue weighted by Crippen LogP contribution is -2.08. The van der Waals surface area contributed by atoms with E-state index in [9.17, 15) is 0 Å². The molecule has 0 aliphatic heterocycles. The third-order valence-corrected chi connectivity index (χ3v) is 5.10. The number of nitrogens with one attached hydrogen (secondary N) is 2. The van der Waals surface area contributed by atoms with Gasteiger partial charge in [-0.15, -0.1) is 11.3 Å². The van der Waals surface area contributed by atoms with Crippen LogP contribution < -0.4 is 10.6 Å². The molecule has 0 amide bonds. The monoisotopic (exact) mass is 380 g/mol. The number of fused-ring (bicyclic) bond motifs is 1. The lowest BCUT2D eigenvalue weighted by molar-refractivity contribution is 1.03. The Kier molecular flexibility index (Phi) is 5.00. The highest BCUT2D eigenvalue weighted by Gasteiger charge is 2.08. The minimum absolute atomic E-state index is 0.546. The molecule has 0 spiro atoms. The van der Waals surface area contributed by atoms with Gasteiger partial charge in [-0.25, -0.2) is 4.98 Å². The van der Waals surface area contributed by atoms with Gasteiger partial charge in [0, 0.05) is 27.5 Å². The fourth-order valence-corrected chi connectivity index (χ4v) is 3.62. The van der Waals surface area contributed by atoms with Crippen molar-refractivity contribution in [1.29, 1.82) is 0 Å². The molecule has 6 heteroatoms. The molecule has 0 atom stereocenters. The van der Waals surface area contributed by atoms with Gasteiger partial charge in [0.2, 0.25) is 5.95 Å². The molecule has 4 rings (SSSR count). The van der Waals surface area contributed by atoms with E-state index in [-0.39, 0.29) is 0 Å². The van der Waals surface area contributed by atoms with E-state index in [2.05, 4.69) is 38.1 Å². The summed E-state index contributed by atoms with van der Waals surface area (Å²) in [6.45, 7) is 0.818. The predicted octanol–water partition coefficient (Wildman–Crippen LogP) is 5.74. The highest BCUT2D eigenvalue weighted by molar-refractivity contribution is 7.09. The van der Waals surface area contributed by atoms with Gasteiger partial charge < -0.3 is 10.6 Å². The van der Waals surface area contributed by atoms with Gasteiger partial charge in [0.15, 0.2) is 0 Å². The topological polar surface area (TPSA) is 49.8 Å². The number of nitrogens with zero attached hydrogens (tertiary/aromatic N) is 2. The zero-order valence-corrected chi connectivity index (χ0v) is 15.5. The van der Waals surface area contributed by atoms with Gasteiger partial charge in [0.05, 0.1) is 5.52 Å². The lowest BCUT2D eigenvalue weighted by Gasteiger charge is -2.12. The van der Waals surface area contributed by atoms with E-state index < -0.39 is 0 Å². The second-order valence-electron chi connectivity index (χ2n) is 5.80. The maximum absolute atomic E-state index is 6.06. The number of hydrogen-bond donors (Lipinski definition) is 2. The standard InChI is InChI=1S/C20H17ClN4S/c21-14-5-3-6-15(13-14)23-20-24-18-9-2-1-8-17(18)19(25-20)22-11-10-16-7-4-12-26-16/h1-9,12-13H,10-11H2,(H2,22,23,24,25). The first kappa shape index (κ1) is 16.8. The van der Waals surface area contributed by atoms with Crippen LogP contribution in [-0.2, 0) is 6.42 Å². The largest absolute Gasteiger partial charge is 0.369 e. The number of thiophene rings is 1. The molecular formula is C20H17ClN4S. The Hall–Kier alpha value is -2.63. The molecule has 0 saturated heterocycles. The van der Waals surface area contributed by atoms with Crippen LogP contribution >= 0.6 is 22.9 Å². The zero-order chi connectivity index (χ0) is 17.8. The summed E-state index contributed by atoms with van der Waals surface area (Å²) in [5.41, 5.74) is 1.75. The van der Waals surface area contributed by atoms with E-state index in [4.69, 9.17) is 11.6 Å². The Morgan fingerprint density at radius 1 is 0.962 bits per heavy atom. The van der Waals surface area contributed by atoms with Gasteiger partial charge in [0.25, 0.3) is 0 Å². The third-order valence-electron chi connectivity index (χ3n) is 3.93. The van der Waals surface area contributed by atoms with Crippen molar-refractivity contribution in [2.24, 2.45) is 0 Å². The van der Waals surface area contributed by atoms with Crippen LogP contribution in [0.15, 0.2) is 66.0 Å². The summed E-state index contributed by atoms with van der Waals surface area (Å²) in [7, 11) is 0. The van der Waals surface area contributed by atoms with Crippen LogP contribution in [0.1, 0.15) is 4.88 Å². The minimum atomic E-state index is 0.546. The average molecular weight is 381 g/mol. The summed E-state index contributed by atoms with van der Waals surface area (Å²) in [5, 5.41) is 10.5. The number of hydrogen-bond acceptors (Lipinski definition) is 5. The second kappa shape index (κ2) is 7.72. The molecule has 26 heavy (non-hydrogen) atoms. The quantitative estimate of drug-likeness (QED) is 0.447. The van der Waals surface area contributed by atoms with Crippen LogP contribution in [-0.4, -0.2) is 16.5 Å². The van der Waals surface area contributed by atoms with Crippen LogP contribution in [0.2, 0.25) is 5.02 Å². The predicted molar refractivity (Wildman–Crippen MR) is 111 cm³/mol. The first-order valence-electron chi connectivity index (χ1n) is 8.33. The van der Waals surface area contributed by atoms with Crippen molar-refractivity contribution < 1.29 is 0 Å². The van der Waals surface area contributed by atoms with Crippen molar-refractivity contribution in [3.8, 4) is 0 Å². The van der Waals surface area contributed by atoms with E-state index in [1.165, 1.54) is 4.88 Å². The first-order valence-corrected chi connectivity index (χ1v) is 9.59. The maximum Gasteiger partial charge on any atom is 0.229 e. The minimum Gasteiger partial charge on any atom is -0.369 e. The molecule has 0 unspecified atom stereocenters. The van der Waals surface area contributed by atoms with Crippen molar-refractivity contribution in [1.82, 2.24) is 9.97 Å². The molecule has 4 nitrogen and oxygen atoms in total. The smallest absolute Gasteiger partial charge is 0.229 e. The van der Waals surface area contributed by atoms with Crippen LogP contribution in [0.3, 0.4) is 0 Å². The number of aromatic nitrogens is 2. The number of anilines is 3. The number of benzene rings is 2. The summed E-state index contributed by atoms with van der Waals surface area (Å²) in [6.07, 6.45) is 0.965. The zero-order valence-electron chi connectivity index (χ0n) is 13.9. The molecular weight excluding hydrogens is 364 g/mol. The molecule has 0 fully saturated rings. The molecule has 0 aliphatic carbocycles. The third kappa shape index (κ3) is 3.95. The Morgan fingerprint density at radius 2 is 1.88 bits per heavy atom. The first-order chi connectivity index (χ1) is 12.8. The van der Waals surface area contributed by atoms with E-state index in [1.807, 2.05) is 48.5 Å². The van der Waals surface area contributed by atoms with Gasteiger partial charge in [0.1, 0.15) is 5.82 Å². The number of halogens is 1. The van der Waals surface area contributed by atoms with Gasteiger partial charge in [-0.2, -0.15) is 4.98 Å². The van der Waals surface area contributed by atoms with Crippen molar-refractivity contribution in [2.45, 2.75) is 6.42 Å². The van der Waals surface area contributed by atoms with Crippen LogP contribution in [0.25, 0.3) is 10.9 Å². The highest BCUT2D eigenvalue weighted by atomic mass is 35.5. The van der Waals surface area contributed by atoms with Gasteiger partial charge in [-0.1, -0.05) is 35.9 Å². The molecule has 0 aliphatic rings. The Balaban J connectivity index is 1.60. The Morgan fingerprint density at radius 3 is 2.73 bits per heavy atom. The molecule has 2 aromatic carbocycles. The van der Waals surface area contributed by atoms with Gasteiger partial charge in [-0.3, -0.25) is 0 Å². The Labute approximate surface area is 160 Å². The van der Waals surface area contributed by atoms with E-state index in [0.29, 0.717) is 11.0 Å².